The van der Waals surface area contributed by atoms with Crippen LogP contribution in [0, 0.1) is 5.92 Å². The zero-order valence-corrected chi connectivity index (χ0v) is 8.91. The summed E-state index contributed by atoms with van der Waals surface area (Å²) in [5.41, 5.74) is -1.47. The number of carboxylic acids is 1. The normalized spacial score (nSPS) is 27.2. The lowest BCUT2D eigenvalue weighted by Gasteiger charge is -2.14. The SMILES string of the molecule is O=C(O)Cn1nc(C(F)F)c2c1C(F)(F)C1C[C@H]21. The van der Waals surface area contributed by atoms with Crippen molar-refractivity contribution in [1.82, 2.24) is 9.78 Å². The van der Waals surface area contributed by atoms with Crippen molar-refractivity contribution in [3.8, 4) is 0 Å². The molecule has 0 amide bonds. The number of halogens is 4. The number of carboxylic acid groups (broad SMARTS) is 1. The smallest absolute Gasteiger partial charge is 0.325 e. The summed E-state index contributed by atoms with van der Waals surface area (Å²) in [5.74, 6) is -6.21. The number of fused-ring (bicyclic) bond motifs is 3. The van der Waals surface area contributed by atoms with Crippen LogP contribution in [0.15, 0.2) is 0 Å². The van der Waals surface area contributed by atoms with Gasteiger partial charge in [0.2, 0.25) is 0 Å². The van der Waals surface area contributed by atoms with Gasteiger partial charge in [-0.1, -0.05) is 0 Å². The van der Waals surface area contributed by atoms with Crippen LogP contribution >= 0.6 is 0 Å². The van der Waals surface area contributed by atoms with Crippen molar-refractivity contribution < 1.29 is 27.5 Å². The first-order chi connectivity index (χ1) is 8.34. The molecule has 18 heavy (non-hydrogen) atoms. The molecule has 1 aromatic rings. The van der Waals surface area contributed by atoms with E-state index in [9.17, 15) is 22.4 Å². The van der Waals surface area contributed by atoms with Crippen LogP contribution in [-0.2, 0) is 17.3 Å². The molecule has 3 rings (SSSR count). The van der Waals surface area contributed by atoms with Gasteiger partial charge in [-0.2, -0.15) is 13.9 Å². The molecule has 1 aromatic heterocycles. The highest BCUT2D eigenvalue weighted by atomic mass is 19.3. The van der Waals surface area contributed by atoms with Crippen molar-refractivity contribution >= 4 is 5.97 Å². The molecule has 2 aliphatic rings. The molecule has 1 heterocycles. The first-order valence-electron chi connectivity index (χ1n) is 5.32. The van der Waals surface area contributed by atoms with Gasteiger partial charge in [-0.25, -0.2) is 8.78 Å². The van der Waals surface area contributed by atoms with Gasteiger partial charge in [0, 0.05) is 11.5 Å². The van der Waals surface area contributed by atoms with E-state index >= 15 is 0 Å². The van der Waals surface area contributed by atoms with Crippen LogP contribution < -0.4 is 0 Å². The number of aliphatic carboxylic acids is 1. The van der Waals surface area contributed by atoms with Gasteiger partial charge in [-0.15, -0.1) is 0 Å². The number of carbonyl (C=O) groups is 1. The Hall–Kier alpha value is -1.60. The van der Waals surface area contributed by atoms with E-state index < -0.39 is 48.1 Å². The molecule has 8 heteroatoms. The molecule has 0 radical (unpaired) electrons. The highest BCUT2D eigenvalue weighted by molar-refractivity contribution is 5.67. The minimum Gasteiger partial charge on any atom is -0.480 e. The van der Waals surface area contributed by atoms with Crippen molar-refractivity contribution in [1.29, 1.82) is 0 Å². The maximum Gasteiger partial charge on any atom is 0.325 e. The summed E-state index contributed by atoms with van der Waals surface area (Å²) in [7, 11) is 0. The van der Waals surface area contributed by atoms with Crippen molar-refractivity contribution in [3.63, 3.8) is 0 Å². The third-order valence-corrected chi connectivity index (χ3v) is 3.45. The van der Waals surface area contributed by atoms with Gasteiger partial charge in [0.1, 0.15) is 17.9 Å². The second-order valence-electron chi connectivity index (χ2n) is 4.57. The molecule has 0 aliphatic heterocycles. The fourth-order valence-electron chi connectivity index (χ4n) is 2.71. The van der Waals surface area contributed by atoms with Crippen LogP contribution in [0.5, 0.6) is 0 Å². The Balaban J connectivity index is 2.16. The molecule has 4 nitrogen and oxygen atoms in total. The number of rotatable bonds is 3. The predicted octanol–water partition coefficient (Wildman–Crippen LogP) is 2.11. The molecule has 0 spiro atoms. The molecule has 0 saturated heterocycles. The molecule has 2 atom stereocenters. The molecule has 1 unspecified atom stereocenters. The minimum atomic E-state index is -3.25. The largest absolute Gasteiger partial charge is 0.480 e. The van der Waals surface area contributed by atoms with Gasteiger partial charge in [-0.05, 0) is 12.3 Å². The number of aromatic nitrogens is 2. The number of alkyl halides is 4. The van der Waals surface area contributed by atoms with Crippen LogP contribution in [0.3, 0.4) is 0 Å². The Morgan fingerprint density at radius 1 is 1.56 bits per heavy atom. The topological polar surface area (TPSA) is 55.1 Å². The van der Waals surface area contributed by atoms with Crippen LogP contribution in [0.4, 0.5) is 17.6 Å². The molecule has 98 valence electrons. The summed E-state index contributed by atoms with van der Waals surface area (Å²) >= 11 is 0. The molecular weight excluding hydrogens is 256 g/mol. The van der Waals surface area contributed by atoms with Crippen molar-refractivity contribution in [3.05, 3.63) is 17.0 Å². The van der Waals surface area contributed by atoms with Crippen LogP contribution in [0.1, 0.15) is 35.7 Å². The highest BCUT2D eigenvalue weighted by Crippen LogP contribution is 2.68. The van der Waals surface area contributed by atoms with Gasteiger partial charge >= 0.3 is 5.97 Å². The van der Waals surface area contributed by atoms with Crippen LogP contribution in [-0.4, -0.2) is 20.9 Å². The Bertz CT molecular complexity index is 540. The molecule has 2 aliphatic carbocycles. The van der Waals surface area contributed by atoms with E-state index in [0.717, 1.165) is 0 Å². The number of nitrogens with zero attached hydrogens (tertiary/aromatic N) is 2. The lowest BCUT2D eigenvalue weighted by Crippen LogP contribution is -2.22. The highest BCUT2D eigenvalue weighted by Gasteiger charge is 2.67. The van der Waals surface area contributed by atoms with Crippen molar-refractivity contribution in [2.45, 2.75) is 31.2 Å². The van der Waals surface area contributed by atoms with E-state index in [2.05, 4.69) is 5.10 Å². The third-order valence-electron chi connectivity index (χ3n) is 3.45. The summed E-state index contributed by atoms with van der Waals surface area (Å²) in [6.45, 7) is -0.829. The van der Waals surface area contributed by atoms with E-state index in [1.165, 1.54) is 0 Å². The van der Waals surface area contributed by atoms with Crippen LogP contribution in [0.2, 0.25) is 0 Å². The second kappa shape index (κ2) is 3.24. The maximum atomic E-state index is 13.9. The molecule has 0 bridgehead atoms. The van der Waals surface area contributed by atoms with E-state index in [4.69, 9.17) is 5.11 Å². The molecule has 1 N–H and O–H groups in total. The van der Waals surface area contributed by atoms with Gasteiger partial charge in [-0.3, -0.25) is 9.48 Å². The van der Waals surface area contributed by atoms with E-state index in [1.807, 2.05) is 0 Å². The lowest BCUT2D eigenvalue weighted by atomic mass is 10.1. The number of hydrogen-bond donors (Lipinski definition) is 1. The Kier molecular flexibility index (Phi) is 2.07. The lowest BCUT2D eigenvalue weighted by molar-refractivity contribution is -0.138. The van der Waals surface area contributed by atoms with Gasteiger partial charge in [0.05, 0.1) is 0 Å². The molecular formula is C10H8F4N2O2. The first kappa shape index (κ1) is 11.5. The fourth-order valence-corrected chi connectivity index (χ4v) is 2.71. The average Bonchev–Trinajstić information content (AvgIpc) is 2.88. The summed E-state index contributed by atoms with van der Waals surface area (Å²) in [5, 5.41) is 12.0. The zero-order chi connectivity index (χ0) is 13.2. The van der Waals surface area contributed by atoms with E-state index in [1.54, 1.807) is 0 Å². The summed E-state index contributed by atoms with van der Waals surface area (Å²) in [6.07, 6.45) is -2.80. The zero-order valence-electron chi connectivity index (χ0n) is 8.91. The van der Waals surface area contributed by atoms with Crippen LogP contribution in [0.25, 0.3) is 0 Å². The van der Waals surface area contributed by atoms with Gasteiger partial charge in [0.15, 0.2) is 0 Å². The fraction of sp³-hybridized carbons (Fsp3) is 0.600. The third kappa shape index (κ3) is 1.31. The quantitative estimate of drug-likeness (QED) is 0.851. The average molecular weight is 264 g/mol. The standard InChI is InChI=1S/C10H8F4N2O2/c11-9(12)7-6-3-1-4(3)10(13,14)8(6)16(15-7)2-5(17)18/h3-4,9H,1-2H2,(H,17,18)/t3-,4?/m0/s1. The second-order valence-corrected chi connectivity index (χ2v) is 4.57. The summed E-state index contributed by atoms with van der Waals surface area (Å²) in [4.78, 5) is 10.6. The molecule has 0 aromatic carbocycles. The summed E-state index contributed by atoms with van der Waals surface area (Å²) < 4.78 is 53.7. The Morgan fingerprint density at radius 2 is 2.22 bits per heavy atom. The van der Waals surface area contributed by atoms with Crippen molar-refractivity contribution in [2.24, 2.45) is 5.92 Å². The maximum absolute atomic E-state index is 13.9. The summed E-state index contributed by atoms with van der Waals surface area (Å²) in [6, 6.07) is 0. The monoisotopic (exact) mass is 264 g/mol. The Labute approximate surface area is 98.2 Å². The van der Waals surface area contributed by atoms with E-state index in [-0.39, 0.29) is 12.0 Å². The van der Waals surface area contributed by atoms with E-state index in [0.29, 0.717) is 4.68 Å². The molecule has 1 saturated carbocycles. The van der Waals surface area contributed by atoms with Crippen molar-refractivity contribution in [2.75, 3.05) is 0 Å². The predicted molar refractivity (Wildman–Crippen MR) is 49.6 cm³/mol. The first-order valence-corrected chi connectivity index (χ1v) is 5.32. The van der Waals surface area contributed by atoms with Gasteiger partial charge < -0.3 is 5.11 Å². The Morgan fingerprint density at radius 3 is 2.78 bits per heavy atom. The minimum absolute atomic E-state index is 0.138. The van der Waals surface area contributed by atoms with Gasteiger partial charge in [0.25, 0.3) is 12.3 Å². The number of hydrogen-bond acceptors (Lipinski definition) is 2. The molecule has 1 fully saturated rings.